The van der Waals surface area contributed by atoms with Gasteiger partial charge in [0.1, 0.15) is 0 Å². The number of pyridine rings is 1. The van der Waals surface area contributed by atoms with Crippen molar-refractivity contribution in [1.29, 1.82) is 0 Å². The molecule has 1 aliphatic carbocycles. The predicted octanol–water partition coefficient (Wildman–Crippen LogP) is 4.11. The van der Waals surface area contributed by atoms with Gasteiger partial charge in [-0.05, 0) is 67.0 Å². The summed E-state index contributed by atoms with van der Waals surface area (Å²) < 4.78 is 1.09. The van der Waals surface area contributed by atoms with Gasteiger partial charge < -0.3 is 9.80 Å². The summed E-state index contributed by atoms with van der Waals surface area (Å²) in [6.45, 7) is 3.24. The number of carbonyl (C=O) groups excluding carboxylic acids is 1. The molecule has 0 bridgehead atoms. The highest BCUT2D eigenvalue weighted by atomic mass is 79.9. The van der Waals surface area contributed by atoms with E-state index in [0.717, 1.165) is 49.8 Å². The zero-order chi connectivity index (χ0) is 19.5. The highest BCUT2D eigenvalue weighted by Gasteiger charge is 2.46. The van der Waals surface area contributed by atoms with Gasteiger partial charge in [0, 0.05) is 55.5 Å². The maximum Gasteiger partial charge on any atom is 0.226 e. The number of aromatic nitrogens is 1. The maximum absolute atomic E-state index is 12.9. The Morgan fingerprint density at radius 1 is 1.14 bits per heavy atom. The van der Waals surface area contributed by atoms with Crippen LogP contribution in [0.25, 0.3) is 0 Å². The van der Waals surface area contributed by atoms with E-state index in [9.17, 15) is 4.79 Å². The standard InChI is InChI=1S/C23H28BrN3O/c1-26(23(28)22-16-21(22)18-2-4-19(24)5-3-18)20-9-14-27(15-10-20)13-8-17-6-11-25-12-7-17/h2-7,11-12,20-22H,8-10,13-16H2,1H3/t21-,22-/m0/s1. The van der Waals surface area contributed by atoms with Gasteiger partial charge in [-0.25, -0.2) is 0 Å². The third-order valence-corrected chi connectivity index (χ3v) is 6.85. The highest BCUT2D eigenvalue weighted by molar-refractivity contribution is 9.10. The normalized spacial score (nSPS) is 22.8. The molecule has 2 aliphatic rings. The summed E-state index contributed by atoms with van der Waals surface area (Å²) in [6.07, 6.45) is 7.94. The Morgan fingerprint density at radius 3 is 2.50 bits per heavy atom. The van der Waals surface area contributed by atoms with Gasteiger partial charge in [-0.1, -0.05) is 28.1 Å². The SMILES string of the molecule is CN(C(=O)[C@H]1C[C@H]1c1ccc(Br)cc1)C1CCN(CCc2ccncc2)CC1. The molecule has 4 nitrogen and oxygen atoms in total. The lowest BCUT2D eigenvalue weighted by molar-refractivity contribution is -0.134. The van der Waals surface area contributed by atoms with Crippen molar-refractivity contribution in [3.05, 3.63) is 64.4 Å². The molecule has 4 rings (SSSR count). The van der Waals surface area contributed by atoms with Crippen molar-refractivity contribution in [3.63, 3.8) is 0 Å². The van der Waals surface area contributed by atoms with E-state index >= 15 is 0 Å². The highest BCUT2D eigenvalue weighted by Crippen LogP contribution is 2.48. The van der Waals surface area contributed by atoms with Gasteiger partial charge in [-0.3, -0.25) is 9.78 Å². The first-order chi connectivity index (χ1) is 13.6. The monoisotopic (exact) mass is 441 g/mol. The molecule has 1 saturated heterocycles. The van der Waals surface area contributed by atoms with E-state index in [4.69, 9.17) is 0 Å². The Kier molecular flexibility index (Phi) is 6.12. The second-order valence-corrected chi connectivity index (χ2v) is 9.04. The second kappa shape index (κ2) is 8.75. The third kappa shape index (κ3) is 4.64. The number of hydrogen-bond donors (Lipinski definition) is 0. The first kappa shape index (κ1) is 19.6. The first-order valence-corrected chi connectivity index (χ1v) is 11.0. The molecule has 0 spiro atoms. The Hall–Kier alpha value is -1.72. The maximum atomic E-state index is 12.9. The lowest BCUT2D eigenvalue weighted by Crippen LogP contribution is -2.46. The third-order valence-electron chi connectivity index (χ3n) is 6.32. The summed E-state index contributed by atoms with van der Waals surface area (Å²) >= 11 is 3.48. The Morgan fingerprint density at radius 2 is 1.82 bits per heavy atom. The molecule has 0 radical (unpaired) electrons. The summed E-state index contributed by atoms with van der Waals surface area (Å²) in [5.74, 6) is 0.919. The molecule has 0 N–H and O–H groups in total. The van der Waals surface area contributed by atoms with Crippen LogP contribution in [0.4, 0.5) is 0 Å². The number of piperidine rings is 1. The molecule has 1 aromatic carbocycles. The van der Waals surface area contributed by atoms with Crippen molar-refractivity contribution in [2.45, 2.75) is 37.6 Å². The number of carbonyl (C=O) groups is 1. The minimum Gasteiger partial charge on any atom is -0.342 e. The summed E-state index contributed by atoms with van der Waals surface area (Å²) in [4.78, 5) is 21.6. The van der Waals surface area contributed by atoms with Gasteiger partial charge in [0.25, 0.3) is 0 Å². The lowest BCUT2D eigenvalue weighted by Gasteiger charge is -2.37. The average Bonchev–Trinajstić information content (AvgIpc) is 3.54. The number of hydrogen-bond acceptors (Lipinski definition) is 3. The van der Waals surface area contributed by atoms with Gasteiger partial charge in [-0.2, -0.15) is 0 Å². The smallest absolute Gasteiger partial charge is 0.226 e. The van der Waals surface area contributed by atoms with E-state index in [0.29, 0.717) is 17.9 Å². The molecule has 2 fully saturated rings. The molecule has 2 aromatic rings. The molecule has 1 amide bonds. The fourth-order valence-electron chi connectivity index (χ4n) is 4.35. The largest absolute Gasteiger partial charge is 0.342 e. The van der Waals surface area contributed by atoms with Crippen LogP contribution < -0.4 is 0 Å². The van der Waals surface area contributed by atoms with Crippen molar-refractivity contribution in [2.24, 2.45) is 5.92 Å². The van der Waals surface area contributed by atoms with E-state index in [1.807, 2.05) is 24.3 Å². The Bertz CT molecular complexity index is 787. The van der Waals surface area contributed by atoms with Crippen LogP contribution in [0, 0.1) is 5.92 Å². The fraction of sp³-hybridized carbons (Fsp3) is 0.478. The van der Waals surface area contributed by atoms with Gasteiger partial charge in [-0.15, -0.1) is 0 Å². The van der Waals surface area contributed by atoms with Gasteiger partial charge in [0.15, 0.2) is 0 Å². The molecule has 5 heteroatoms. The van der Waals surface area contributed by atoms with Crippen LogP contribution in [0.1, 0.15) is 36.3 Å². The van der Waals surface area contributed by atoms with E-state index < -0.39 is 0 Å². The van der Waals surface area contributed by atoms with E-state index in [2.05, 4.69) is 62.2 Å². The number of benzene rings is 1. The molecule has 1 aromatic heterocycles. The first-order valence-electron chi connectivity index (χ1n) is 10.2. The molecular weight excluding hydrogens is 414 g/mol. The van der Waals surface area contributed by atoms with Crippen LogP contribution in [-0.4, -0.2) is 53.4 Å². The van der Waals surface area contributed by atoms with E-state index in [1.165, 1.54) is 11.1 Å². The lowest BCUT2D eigenvalue weighted by atomic mass is 10.0. The van der Waals surface area contributed by atoms with Gasteiger partial charge in [0.05, 0.1) is 0 Å². The van der Waals surface area contributed by atoms with E-state index in [1.54, 1.807) is 0 Å². The van der Waals surface area contributed by atoms with Crippen molar-refractivity contribution < 1.29 is 4.79 Å². The second-order valence-electron chi connectivity index (χ2n) is 8.13. The molecule has 28 heavy (non-hydrogen) atoms. The average molecular weight is 442 g/mol. The summed E-state index contributed by atoms with van der Waals surface area (Å²) in [5, 5.41) is 0. The number of nitrogens with zero attached hydrogens (tertiary/aromatic N) is 3. The summed E-state index contributed by atoms with van der Waals surface area (Å²) in [6, 6.07) is 13.0. The number of halogens is 1. The van der Waals surface area contributed by atoms with Crippen LogP contribution in [0.5, 0.6) is 0 Å². The van der Waals surface area contributed by atoms with Crippen LogP contribution in [0.15, 0.2) is 53.3 Å². The Labute approximate surface area is 176 Å². The van der Waals surface area contributed by atoms with Crippen LogP contribution in [0.3, 0.4) is 0 Å². The summed E-state index contributed by atoms with van der Waals surface area (Å²) in [7, 11) is 2.01. The molecule has 2 heterocycles. The van der Waals surface area contributed by atoms with Crippen molar-refractivity contribution in [1.82, 2.24) is 14.8 Å². The minimum atomic E-state index is 0.177. The van der Waals surface area contributed by atoms with Crippen molar-refractivity contribution >= 4 is 21.8 Å². The van der Waals surface area contributed by atoms with E-state index in [-0.39, 0.29) is 5.92 Å². The van der Waals surface area contributed by atoms with Crippen molar-refractivity contribution in [3.8, 4) is 0 Å². The Balaban J connectivity index is 1.23. The predicted molar refractivity (Wildman–Crippen MR) is 115 cm³/mol. The molecular formula is C23H28BrN3O. The van der Waals surface area contributed by atoms with Gasteiger partial charge in [0.2, 0.25) is 5.91 Å². The molecule has 2 atom stereocenters. The molecule has 148 valence electrons. The zero-order valence-corrected chi connectivity index (χ0v) is 18.0. The molecule has 1 saturated carbocycles. The number of likely N-dealkylation sites (tertiary alicyclic amines) is 1. The number of rotatable bonds is 6. The molecule has 1 aliphatic heterocycles. The van der Waals surface area contributed by atoms with Crippen LogP contribution in [0.2, 0.25) is 0 Å². The molecule has 0 unspecified atom stereocenters. The van der Waals surface area contributed by atoms with Crippen LogP contribution >= 0.6 is 15.9 Å². The van der Waals surface area contributed by atoms with Gasteiger partial charge >= 0.3 is 0 Å². The minimum absolute atomic E-state index is 0.177. The fourth-order valence-corrected chi connectivity index (χ4v) is 4.62. The zero-order valence-electron chi connectivity index (χ0n) is 16.4. The number of amides is 1. The quantitative estimate of drug-likeness (QED) is 0.676. The topological polar surface area (TPSA) is 36.4 Å². The summed E-state index contributed by atoms with van der Waals surface area (Å²) in [5.41, 5.74) is 2.64. The van der Waals surface area contributed by atoms with Crippen LogP contribution in [-0.2, 0) is 11.2 Å². The van der Waals surface area contributed by atoms with Crippen molar-refractivity contribution in [2.75, 3.05) is 26.7 Å².